The van der Waals surface area contributed by atoms with Crippen LogP contribution in [0.2, 0.25) is 5.02 Å². The van der Waals surface area contributed by atoms with E-state index < -0.39 is 17.9 Å². The number of carbonyl (C=O) groups is 3. The van der Waals surface area contributed by atoms with Crippen LogP contribution >= 0.6 is 23.1 Å². The Morgan fingerprint density at radius 3 is 2.47 bits per heavy atom. The summed E-state index contributed by atoms with van der Waals surface area (Å²) in [4.78, 5) is 40.1. The number of carbonyl (C=O) groups excluding carboxylic acids is 3. The number of benzene rings is 1. The van der Waals surface area contributed by atoms with E-state index in [4.69, 9.17) is 27.8 Å². The molecular weight excluding hydrogens is 478 g/mol. The lowest BCUT2D eigenvalue weighted by molar-refractivity contribution is -0.126. The Morgan fingerprint density at radius 1 is 1.24 bits per heavy atom. The minimum Gasteiger partial charge on any atom is -0.395 e. The summed E-state index contributed by atoms with van der Waals surface area (Å²) in [6.07, 6.45) is 1.28. The minimum atomic E-state index is -0.947. The fourth-order valence-electron chi connectivity index (χ4n) is 3.29. The molecule has 1 atom stereocenters. The predicted octanol–water partition coefficient (Wildman–Crippen LogP) is 3.25. The lowest BCUT2D eigenvalue weighted by Crippen LogP contribution is -2.44. The van der Waals surface area contributed by atoms with Crippen molar-refractivity contribution in [3.63, 3.8) is 0 Å². The number of nitrogens with two attached hydrogens (primary N) is 2. The third-order valence-electron chi connectivity index (χ3n) is 5.07. The zero-order chi connectivity index (χ0) is 25.3. The molecule has 5 N–H and O–H groups in total. The molecule has 0 aliphatic heterocycles. The summed E-state index contributed by atoms with van der Waals surface area (Å²) >= 11 is 6.84. The van der Waals surface area contributed by atoms with E-state index in [1.807, 2.05) is 6.92 Å². The van der Waals surface area contributed by atoms with E-state index in [1.54, 1.807) is 24.3 Å². The van der Waals surface area contributed by atoms with E-state index in [-0.39, 0.29) is 28.7 Å². The Bertz CT molecular complexity index is 980. The average Bonchev–Trinajstić information content (AvgIpc) is 3.17. The second kappa shape index (κ2) is 13.3. The van der Waals surface area contributed by atoms with Crippen LogP contribution in [0.3, 0.4) is 0 Å². The number of nitrogens with one attached hydrogen (secondary N) is 1. The van der Waals surface area contributed by atoms with Crippen LogP contribution in [-0.2, 0) is 9.53 Å². The lowest BCUT2D eigenvalue weighted by atomic mass is 10.0. The second-order valence-corrected chi connectivity index (χ2v) is 9.32. The summed E-state index contributed by atoms with van der Waals surface area (Å²) in [6.45, 7) is 7.64. The summed E-state index contributed by atoms with van der Waals surface area (Å²) < 4.78 is 9.37. The first-order valence-corrected chi connectivity index (χ1v) is 12.3. The van der Waals surface area contributed by atoms with Crippen molar-refractivity contribution in [1.29, 1.82) is 0 Å². The van der Waals surface area contributed by atoms with Crippen LogP contribution in [-0.4, -0.2) is 53.3 Å². The molecule has 1 heterocycles. The van der Waals surface area contributed by atoms with Gasteiger partial charge >= 0.3 is 0 Å². The number of primary amides is 1. The largest absolute Gasteiger partial charge is 0.395 e. The number of amides is 3. The fourth-order valence-corrected chi connectivity index (χ4v) is 4.17. The summed E-state index contributed by atoms with van der Waals surface area (Å²) in [5, 5.41) is 3.45. The molecule has 11 heteroatoms. The van der Waals surface area contributed by atoms with Gasteiger partial charge in [-0.05, 0) is 54.9 Å². The number of nitrogens with zero attached hydrogens (tertiary/aromatic N) is 2. The molecular formula is C23H32ClN5O4S. The maximum atomic E-state index is 13.7. The van der Waals surface area contributed by atoms with Crippen molar-refractivity contribution in [2.75, 3.05) is 32.0 Å². The Morgan fingerprint density at radius 2 is 1.91 bits per heavy atom. The molecule has 0 unspecified atom stereocenters. The first-order valence-electron chi connectivity index (χ1n) is 11.1. The summed E-state index contributed by atoms with van der Waals surface area (Å²) in [5.41, 5.74) is 11.7. The molecule has 3 amide bonds. The number of aromatic nitrogens is 1. The van der Waals surface area contributed by atoms with Crippen molar-refractivity contribution in [2.24, 2.45) is 11.7 Å². The number of hydrogen-bond acceptors (Lipinski definition) is 7. The minimum absolute atomic E-state index is 0.0548. The molecule has 0 saturated carbocycles. The van der Waals surface area contributed by atoms with Gasteiger partial charge in [0, 0.05) is 31.3 Å². The molecule has 0 bridgehead atoms. The Kier molecular flexibility index (Phi) is 10.7. The first kappa shape index (κ1) is 27.6. The van der Waals surface area contributed by atoms with Gasteiger partial charge < -0.3 is 26.4 Å². The molecule has 0 saturated heterocycles. The van der Waals surface area contributed by atoms with Gasteiger partial charge in [-0.25, -0.2) is 0 Å². The van der Waals surface area contributed by atoms with Gasteiger partial charge in [-0.2, -0.15) is 4.37 Å². The highest BCUT2D eigenvalue weighted by Crippen LogP contribution is 2.29. The third kappa shape index (κ3) is 7.41. The van der Waals surface area contributed by atoms with E-state index in [0.717, 1.165) is 18.0 Å². The van der Waals surface area contributed by atoms with Gasteiger partial charge in [0.15, 0.2) is 5.69 Å². The summed E-state index contributed by atoms with van der Waals surface area (Å²) in [5.74, 6) is -1.26. The van der Waals surface area contributed by atoms with E-state index in [9.17, 15) is 14.4 Å². The quantitative estimate of drug-likeness (QED) is 0.354. The van der Waals surface area contributed by atoms with Gasteiger partial charge in [0.2, 0.25) is 5.91 Å². The predicted molar refractivity (Wildman–Crippen MR) is 134 cm³/mol. The standard InChI is InChI=1S/C23H32ClN5O4S/c1-4-33-13-5-12-29(23(32)20-17(25)18(21(26)30)28-34-20)19(15-6-8-16(24)9-7-15)22(31)27-11-10-14(2)3/h6-9,14,19H,4-5,10-13,25H2,1-3H3,(H2,26,30)(H,27,31)/t19-/m0/s1. The first-order chi connectivity index (χ1) is 16.2. The van der Waals surface area contributed by atoms with Crippen LogP contribution in [0.1, 0.15) is 65.4 Å². The fraction of sp³-hybridized carbons (Fsp3) is 0.478. The number of hydrogen-bond donors (Lipinski definition) is 3. The molecule has 0 radical (unpaired) electrons. The van der Waals surface area contributed by atoms with E-state index in [1.165, 1.54) is 4.90 Å². The summed E-state index contributed by atoms with van der Waals surface area (Å²) in [7, 11) is 0. The van der Waals surface area contributed by atoms with Crippen LogP contribution in [0.4, 0.5) is 5.69 Å². The molecule has 2 aromatic rings. The van der Waals surface area contributed by atoms with Gasteiger partial charge in [0.25, 0.3) is 11.8 Å². The van der Waals surface area contributed by atoms with Crippen molar-refractivity contribution < 1.29 is 19.1 Å². The van der Waals surface area contributed by atoms with Gasteiger partial charge in [0.1, 0.15) is 10.9 Å². The normalized spacial score (nSPS) is 11.9. The molecule has 1 aromatic heterocycles. The van der Waals surface area contributed by atoms with Crippen LogP contribution in [0.15, 0.2) is 24.3 Å². The van der Waals surface area contributed by atoms with Crippen molar-refractivity contribution >= 4 is 46.5 Å². The topological polar surface area (TPSA) is 141 Å². The Hall–Kier alpha value is -2.69. The Balaban J connectivity index is 2.46. The highest BCUT2D eigenvalue weighted by molar-refractivity contribution is 7.09. The van der Waals surface area contributed by atoms with Crippen molar-refractivity contribution in [3.05, 3.63) is 45.4 Å². The lowest BCUT2D eigenvalue weighted by Gasteiger charge is -2.31. The molecule has 1 aromatic carbocycles. The van der Waals surface area contributed by atoms with Gasteiger partial charge in [-0.3, -0.25) is 14.4 Å². The molecule has 9 nitrogen and oxygen atoms in total. The van der Waals surface area contributed by atoms with E-state index in [0.29, 0.717) is 42.7 Å². The zero-order valence-electron chi connectivity index (χ0n) is 19.7. The molecule has 0 aliphatic carbocycles. The Labute approximate surface area is 208 Å². The van der Waals surface area contributed by atoms with Crippen LogP contribution in [0.25, 0.3) is 0 Å². The van der Waals surface area contributed by atoms with Crippen molar-refractivity contribution in [2.45, 2.75) is 39.7 Å². The maximum absolute atomic E-state index is 13.7. The van der Waals surface area contributed by atoms with Crippen LogP contribution in [0, 0.1) is 5.92 Å². The number of halogens is 1. The molecule has 34 heavy (non-hydrogen) atoms. The van der Waals surface area contributed by atoms with Crippen molar-refractivity contribution in [1.82, 2.24) is 14.6 Å². The molecule has 0 aliphatic rings. The van der Waals surface area contributed by atoms with E-state index >= 15 is 0 Å². The molecule has 0 spiro atoms. The number of ether oxygens (including phenoxy) is 1. The maximum Gasteiger partial charge on any atom is 0.270 e. The van der Waals surface area contributed by atoms with Gasteiger partial charge in [0.05, 0.1) is 5.69 Å². The number of anilines is 1. The molecule has 186 valence electrons. The summed E-state index contributed by atoms with van der Waals surface area (Å²) in [6, 6.07) is 5.81. The van der Waals surface area contributed by atoms with Crippen LogP contribution < -0.4 is 16.8 Å². The third-order valence-corrected chi connectivity index (χ3v) is 6.18. The average molecular weight is 510 g/mol. The second-order valence-electron chi connectivity index (χ2n) is 8.11. The highest BCUT2D eigenvalue weighted by atomic mass is 35.5. The zero-order valence-corrected chi connectivity index (χ0v) is 21.2. The van der Waals surface area contributed by atoms with Crippen molar-refractivity contribution in [3.8, 4) is 0 Å². The molecule has 2 rings (SSSR count). The van der Waals surface area contributed by atoms with Gasteiger partial charge in [-0.1, -0.05) is 37.6 Å². The molecule has 0 fully saturated rings. The number of nitrogen functional groups attached to an aromatic ring is 1. The SMILES string of the molecule is CCOCCCN(C(=O)c1snc(C(N)=O)c1N)[C@H](C(=O)NCCC(C)C)c1ccc(Cl)cc1. The monoisotopic (exact) mass is 509 g/mol. The highest BCUT2D eigenvalue weighted by Gasteiger charge is 2.34. The van der Waals surface area contributed by atoms with E-state index in [2.05, 4.69) is 23.5 Å². The van der Waals surface area contributed by atoms with Gasteiger partial charge in [-0.15, -0.1) is 0 Å². The van der Waals surface area contributed by atoms with Crippen LogP contribution in [0.5, 0.6) is 0 Å². The smallest absolute Gasteiger partial charge is 0.270 e. The number of rotatable bonds is 13.